The molecule has 0 bridgehead atoms. The van der Waals surface area contributed by atoms with Crippen LogP contribution in [0.2, 0.25) is 0 Å². The number of benzene rings is 1. The fourth-order valence-corrected chi connectivity index (χ4v) is 2.45. The second kappa shape index (κ2) is 5.21. The van der Waals surface area contributed by atoms with Crippen molar-refractivity contribution in [2.75, 3.05) is 19.6 Å². The molecule has 1 fully saturated rings. The Morgan fingerprint density at radius 3 is 2.63 bits per heavy atom. The highest BCUT2D eigenvalue weighted by Crippen LogP contribution is 2.31. The zero-order chi connectivity index (χ0) is 14.0. The fraction of sp³-hybridized carbons (Fsp3) is 0.533. The lowest BCUT2D eigenvalue weighted by Gasteiger charge is -2.38. The second-order valence-corrected chi connectivity index (χ2v) is 5.83. The van der Waals surface area contributed by atoms with Gasteiger partial charge in [0, 0.05) is 13.1 Å². The summed E-state index contributed by atoms with van der Waals surface area (Å²) >= 11 is 0. The van der Waals surface area contributed by atoms with Gasteiger partial charge in [-0.1, -0.05) is 18.6 Å². The van der Waals surface area contributed by atoms with E-state index in [1.54, 1.807) is 18.2 Å². The van der Waals surface area contributed by atoms with Gasteiger partial charge in [-0.2, -0.15) is 0 Å². The zero-order valence-corrected chi connectivity index (χ0v) is 11.6. The molecule has 0 aromatic heterocycles. The van der Waals surface area contributed by atoms with Crippen LogP contribution >= 0.6 is 0 Å². The number of carbonyl (C=O) groups excluding carboxylic acids is 1. The first kappa shape index (κ1) is 13.9. The highest BCUT2D eigenvalue weighted by atomic mass is 16.3. The average molecular weight is 262 g/mol. The predicted molar refractivity (Wildman–Crippen MR) is 75.1 cm³/mol. The van der Waals surface area contributed by atoms with Crippen LogP contribution in [-0.2, 0) is 0 Å². The number of nitrogens with two attached hydrogens (primary N) is 1. The minimum Gasteiger partial charge on any atom is -0.507 e. The number of carbonyl (C=O) groups is 1. The molecule has 1 amide bonds. The number of aryl methyl sites for hydroxylation is 1. The van der Waals surface area contributed by atoms with Crippen molar-refractivity contribution in [3.05, 3.63) is 29.3 Å². The molecule has 1 aromatic rings. The summed E-state index contributed by atoms with van der Waals surface area (Å²) in [7, 11) is 0. The van der Waals surface area contributed by atoms with Crippen LogP contribution in [0.15, 0.2) is 18.2 Å². The minimum absolute atomic E-state index is 0.0581. The second-order valence-electron chi connectivity index (χ2n) is 5.83. The Balaban J connectivity index is 2.11. The van der Waals surface area contributed by atoms with Gasteiger partial charge in [0.2, 0.25) is 0 Å². The van der Waals surface area contributed by atoms with Gasteiger partial charge in [0.05, 0.1) is 5.56 Å². The molecule has 3 N–H and O–H groups in total. The van der Waals surface area contributed by atoms with Crippen molar-refractivity contribution in [1.82, 2.24) is 4.90 Å². The van der Waals surface area contributed by atoms with Crippen molar-refractivity contribution in [2.24, 2.45) is 11.1 Å². The van der Waals surface area contributed by atoms with Crippen molar-refractivity contribution >= 4 is 5.91 Å². The topological polar surface area (TPSA) is 66.6 Å². The third-order valence-corrected chi connectivity index (χ3v) is 4.13. The van der Waals surface area contributed by atoms with Crippen LogP contribution in [0, 0.1) is 12.3 Å². The number of hydrogen-bond acceptors (Lipinski definition) is 3. The number of likely N-dealkylation sites (tertiary alicyclic amines) is 1. The van der Waals surface area contributed by atoms with Gasteiger partial charge in [0.1, 0.15) is 5.75 Å². The summed E-state index contributed by atoms with van der Waals surface area (Å²) in [5, 5.41) is 9.82. The van der Waals surface area contributed by atoms with E-state index in [2.05, 4.69) is 6.92 Å². The molecule has 4 heteroatoms. The van der Waals surface area contributed by atoms with Crippen LogP contribution in [-0.4, -0.2) is 35.5 Å². The van der Waals surface area contributed by atoms with E-state index in [4.69, 9.17) is 5.73 Å². The lowest BCUT2D eigenvalue weighted by Crippen LogP contribution is -2.44. The Hall–Kier alpha value is -1.55. The number of hydrogen-bond donors (Lipinski definition) is 2. The zero-order valence-electron chi connectivity index (χ0n) is 11.6. The normalized spacial score (nSPS) is 18.4. The van der Waals surface area contributed by atoms with E-state index in [0.29, 0.717) is 25.2 Å². The summed E-state index contributed by atoms with van der Waals surface area (Å²) in [6, 6.07) is 5.12. The van der Waals surface area contributed by atoms with Crippen molar-refractivity contribution in [2.45, 2.75) is 26.7 Å². The lowest BCUT2D eigenvalue weighted by molar-refractivity contribution is 0.0614. The fourth-order valence-electron chi connectivity index (χ4n) is 2.45. The first-order valence-electron chi connectivity index (χ1n) is 6.74. The molecule has 1 saturated heterocycles. The number of rotatable bonds is 2. The maximum absolute atomic E-state index is 12.4. The van der Waals surface area contributed by atoms with E-state index in [9.17, 15) is 9.90 Å². The number of phenolic OH excluding ortho intramolecular Hbond substituents is 1. The maximum Gasteiger partial charge on any atom is 0.257 e. The maximum atomic E-state index is 12.4. The number of phenols is 1. The Kier molecular flexibility index (Phi) is 3.80. The predicted octanol–water partition coefficient (Wildman–Crippen LogP) is 1.90. The summed E-state index contributed by atoms with van der Waals surface area (Å²) in [6.07, 6.45) is 1.84. The van der Waals surface area contributed by atoms with Gasteiger partial charge in [0.15, 0.2) is 0 Å². The minimum atomic E-state index is -0.0831. The molecule has 4 nitrogen and oxygen atoms in total. The molecule has 0 atom stereocenters. The Morgan fingerprint density at radius 1 is 1.42 bits per heavy atom. The number of nitrogens with zero attached hydrogens (tertiary/aromatic N) is 1. The van der Waals surface area contributed by atoms with Crippen LogP contribution in [0.1, 0.15) is 35.7 Å². The molecule has 0 aliphatic carbocycles. The molecule has 1 heterocycles. The highest BCUT2D eigenvalue weighted by molar-refractivity contribution is 5.97. The van der Waals surface area contributed by atoms with Gasteiger partial charge in [0.25, 0.3) is 5.91 Å². The van der Waals surface area contributed by atoms with E-state index >= 15 is 0 Å². The lowest BCUT2D eigenvalue weighted by atomic mass is 9.80. The van der Waals surface area contributed by atoms with Gasteiger partial charge < -0.3 is 15.7 Å². The van der Waals surface area contributed by atoms with Crippen molar-refractivity contribution in [1.29, 1.82) is 0 Å². The van der Waals surface area contributed by atoms with E-state index in [1.165, 1.54) is 0 Å². The van der Waals surface area contributed by atoms with Crippen LogP contribution in [0.5, 0.6) is 5.75 Å². The van der Waals surface area contributed by atoms with E-state index in [1.807, 2.05) is 11.8 Å². The SMILES string of the molecule is Cc1ccc(O)c(C(=O)N2CCC(C)(CN)CC2)c1. The summed E-state index contributed by atoms with van der Waals surface area (Å²) < 4.78 is 0. The summed E-state index contributed by atoms with van der Waals surface area (Å²) in [6.45, 7) is 6.15. The highest BCUT2D eigenvalue weighted by Gasteiger charge is 2.31. The molecular formula is C15H22N2O2. The molecule has 1 aromatic carbocycles. The van der Waals surface area contributed by atoms with E-state index < -0.39 is 0 Å². The molecule has 0 radical (unpaired) electrons. The molecule has 2 rings (SSSR count). The standard InChI is InChI=1S/C15H22N2O2/c1-11-3-4-13(18)12(9-11)14(19)17-7-5-15(2,10-16)6-8-17/h3-4,9,18H,5-8,10,16H2,1-2H3. The summed E-state index contributed by atoms with van der Waals surface area (Å²) in [4.78, 5) is 14.2. The van der Waals surface area contributed by atoms with Crippen LogP contribution < -0.4 is 5.73 Å². The molecule has 0 saturated carbocycles. The van der Waals surface area contributed by atoms with Gasteiger partial charge in [-0.05, 0) is 43.9 Å². The monoisotopic (exact) mass is 262 g/mol. The van der Waals surface area contributed by atoms with Crippen LogP contribution in [0.25, 0.3) is 0 Å². The largest absolute Gasteiger partial charge is 0.507 e. The third-order valence-electron chi connectivity index (χ3n) is 4.13. The Morgan fingerprint density at radius 2 is 2.05 bits per heavy atom. The van der Waals surface area contributed by atoms with Gasteiger partial charge >= 0.3 is 0 Å². The first-order valence-corrected chi connectivity index (χ1v) is 6.74. The molecule has 104 valence electrons. The Bertz CT molecular complexity index is 477. The molecule has 19 heavy (non-hydrogen) atoms. The van der Waals surface area contributed by atoms with Gasteiger partial charge in [-0.3, -0.25) is 4.79 Å². The first-order chi connectivity index (χ1) is 8.95. The van der Waals surface area contributed by atoms with Crippen LogP contribution in [0.4, 0.5) is 0 Å². The molecule has 1 aliphatic rings. The Labute approximate surface area is 114 Å². The van der Waals surface area contributed by atoms with Crippen molar-refractivity contribution in [3.63, 3.8) is 0 Å². The molecular weight excluding hydrogens is 240 g/mol. The number of aromatic hydroxyl groups is 1. The number of amides is 1. The molecule has 1 aliphatic heterocycles. The third kappa shape index (κ3) is 2.89. The number of piperidine rings is 1. The van der Waals surface area contributed by atoms with Gasteiger partial charge in [-0.15, -0.1) is 0 Å². The molecule has 0 spiro atoms. The van der Waals surface area contributed by atoms with Crippen LogP contribution in [0.3, 0.4) is 0 Å². The summed E-state index contributed by atoms with van der Waals surface area (Å²) in [5.41, 5.74) is 7.29. The van der Waals surface area contributed by atoms with Crippen molar-refractivity contribution in [3.8, 4) is 5.75 Å². The quantitative estimate of drug-likeness (QED) is 0.855. The summed E-state index contributed by atoms with van der Waals surface area (Å²) in [5.74, 6) is -0.0250. The van der Waals surface area contributed by atoms with E-state index in [0.717, 1.165) is 18.4 Å². The smallest absolute Gasteiger partial charge is 0.257 e. The van der Waals surface area contributed by atoms with E-state index in [-0.39, 0.29) is 17.1 Å². The van der Waals surface area contributed by atoms with Crippen molar-refractivity contribution < 1.29 is 9.90 Å². The molecule has 0 unspecified atom stereocenters. The van der Waals surface area contributed by atoms with Gasteiger partial charge in [-0.25, -0.2) is 0 Å². The average Bonchev–Trinajstić information content (AvgIpc) is 2.42.